The maximum Gasteiger partial charge on any atom is 0.301 e. The maximum atomic E-state index is 11.0. The fourth-order valence-electron chi connectivity index (χ4n) is 1.81. The molecule has 1 aromatic carbocycles. The van der Waals surface area contributed by atoms with Crippen LogP contribution in [0.15, 0.2) is 47.6 Å². The molecule has 0 heterocycles. The Kier molecular flexibility index (Phi) is 4.07. The fourth-order valence-corrected chi connectivity index (χ4v) is 1.81. The highest BCUT2D eigenvalue weighted by Gasteiger charge is 2.19. The lowest BCUT2D eigenvalue weighted by atomic mass is 10.1. The van der Waals surface area contributed by atoms with Crippen LogP contribution in [0.4, 0.5) is 17.1 Å². The molecule has 1 aliphatic rings. The normalized spacial score (nSPS) is 14.4. The van der Waals surface area contributed by atoms with E-state index in [0.717, 1.165) is 11.8 Å². The summed E-state index contributed by atoms with van der Waals surface area (Å²) in [5, 5.41) is 25.7. The topological polar surface area (TPSA) is 111 Å². The summed E-state index contributed by atoms with van der Waals surface area (Å²) in [5.74, 6) is 0.0506. The molecule has 1 aliphatic carbocycles. The highest BCUT2D eigenvalue weighted by atomic mass is 16.6. The number of non-ortho nitro benzene ring substituents is 1. The van der Waals surface area contributed by atoms with E-state index in [1.165, 1.54) is 12.1 Å². The molecule has 0 spiro atoms. The molecule has 21 heavy (non-hydrogen) atoms. The zero-order valence-electron chi connectivity index (χ0n) is 11.1. The molecule has 8 heteroatoms. The first kappa shape index (κ1) is 14.4. The zero-order valence-corrected chi connectivity index (χ0v) is 11.1. The summed E-state index contributed by atoms with van der Waals surface area (Å²) in [7, 11) is 0. The van der Waals surface area contributed by atoms with Crippen molar-refractivity contribution in [2.75, 3.05) is 5.43 Å². The van der Waals surface area contributed by atoms with Crippen molar-refractivity contribution in [2.24, 2.45) is 11.0 Å². The van der Waals surface area contributed by atoms with E-state index in [1.807, 2.05) is 24.3 Å². The van der Waals surface area contributed by atoms with E-state index in [0.29, 0.717) is 0 Å². The number of nitrogens with one attached hydrogen (secondary N) is 1. The quantitative estimate of drug-likeness (QED) is 0.508. The largest absolute Gasteiger partial charge is 0.301 e. The molecule has 8 nitrogen and oxygen atoms in total. The third-order valence-electron chi connectivity index (χ3n) is 2.97. The first-order valence-corrected chi connectivity index (χ1v) is 6.07. The van der Waals surface area contributed by atoms with Gasteiger partial charge < -0.3 is 0 Å². The molecule has 0 fully saturated rings. The highest BCUT2D eigenvalue weighted by Crippen LogP contribution is 2.29. The summed E-state index contributed by atoms with van der Waals surface area (Å²) in [4.78, 5) is 20.3. The van der Waals surface area contributed by atoms with Crippen LogP contribution in [-0.4, -0.2) is 15.6 Å². The second kappa shape index (κ2) is 5.95. The monoisotopic (exact) mass is 288 g/mol. The third-order valence-corrected chi connectivity index (χ3v) is 2.97. The summed E-state index contributed by atoms with van der Waals surface area (Å²) in [6, 6.07) is 3.37. The van der Waals surface area contributed by atoms with Gasteiger partial charge in [0.15, 0.2) is 0 Å². The molecule has 0 aliphatic heterocycles. The van der Waals surface area contributed by atoms with Crippen molar-refractivity contribution in [3.05, 3.63) is 62.7 Å². The first-order chi connectivity index (χ1) is 9.99. The molecular formula is C13H12N4O4. The van der Waals surface area contributed by atoms with Gasteiger partial charge in [0.05, 0.1) is 15.9 Å². The number of nitro benzene ring substituents is 2. The number of anilines is 1. The summed E-state index contributed by atoms with van der Waals surface area (Å²) in [5.41, 5.74) is 2.70. The molecule has 0 saturated carbocycles. The van der Waals surface area contributed by atoms with E-state index in [-0.39, 0.29) is 17.3 Å². The van der Waals surface area contributed by atoms with Crippen molar-refractivity contribution in [3.63, 3.8) is 0 Å². The van der Waals surface area contributed by atoms with Crippen LogP contribution >= 0.6 is 0 Å². The standard InChI is InChI=1S/C13H12N4O4/c1-9(10-4-2-3-5-10)14-15-12-7-6-11(16(18)19)8-13(12)17(20)21/h2-8,10,15H,1H3/b14-9+. The lowest BCUT2D eigenvalue weighted by Crippen LogP contribution is -2.07. The number of hydrogen-bond donors (Lipinski definition) is 1. The van der Waals surface area contributed by atoms with Gasteiger partial charge in [0.1, 0.15) is 5.69 Å². The second-order valence-electron chi connectivity index (χ2n) is 4.38. The Morgan fingerprint density at radius 3 is 2.43 bits per heavy atom. The molecule has 2 rings (SSSR count). The average Bonchev–Trinajstić information content (AvgIpc) is 2.98. The Bertz CT molecular complexity index is 667. The van der Waals surface area contributed by atoms with Crippen LogP contribution in [0.2, 0.25) is 0 Å². The Morgan fingerprint density at radius 2 is 1.86 bits per heavy atom. The maximum absolute atomic E-state index is 11.0. The van der Waals surface area contributed by atoms with E-state index in [1.54, 1.807) is 6.92 Å². The summed E-state index contributed by atoms with van der Waals surface area (Å²) >= 11 is 0. The Balaban J connectivity index is 2.25. The third kappa shape index (κ3) is 3.30. The first-order valence-electron chi connectivity index (χ1n) is 6.07. The number of benzene rings is 1. The number of hydrazone groups is 1. The van der Waals surface area contributed by atoms with Gasteiger partial charge >= 0.3 is 5.69 Å². The molecule has 0 atom stereocenters. The van der Waals surface area contributed by atoms with Gasteiger partial charge in [-0.25, -0.2) is 0 Å². The van der Waals surface area contributed by atoms with Gasteiger partial charge in [0, 0.05) is 17.7 Å². The molecule has 0 amide bonds. The van der Waals surface area contributed by atoms with E-state index in [2.05, 4.69) is 10.5 Å². The van der Waals surface area contributed by atoms with Crippen molar-refractivity contribution < 1.29 is 9.85 Å². The van der Waals surface area contributed by atoms with Gasteiger partial charge in [0.25, 0.3) is 5.69 Å². The number of nitro groups is 2. The zero-order chi connectivity index (χ0) is 15.4. The number of rotatable bonds is 5. The van der Waals surface area contributed by atoms with E-state index in [4.69, 9.17) is 0 Å². The molecule has 0 aromatic heterocycles. The minimum absolute atomic E-state index is 0.0506. The van der Waals surface area contributed by atoms with Crippen molar-refractivity contribution in [1.82, 2.24) is 0 Å². The predicted octanol–water partition coefficient (Wildman–Crippen LogP) is 3.03. The number of nitrogens with zero attached hydrogens (tertiary/aromatic N) is 3. The summed E-state index contributed by atoms with van der Waals surface area (Å²) < 4.78 is 0. The molecule has 0 saturated heterocycles. The lowest BCUT2D eigenvalue weighted by molar-refractivity contribution is -0.393. The van der Waals surface area contributed by atoms with Gasteiger partial charge in [0.2, 0.25) is 0 Å². The Morgan fingerprint density at radius 1 is 1.19 bits per heavy atom. The van der Waals surface area contributed by atoms with Gasteiger partial charge in [-0.05, 0) is 13.0 Å². The van der Waals surface area contributed by atoms with Gasteiger partial charge in [-0.3, -0.25) is 25.7 Å². The molecular weight excluding hydrogens is 276 g/mol. The van der Waals surface area contributed by atoms with Crippen LogP contribution in [0, 0.1) is 26.1 Å². The number of hydrogen-bond acceptors (Lipinski definition) is 6. The SMILES string of the molecule is C/C(=N\Nc1ccc([N+](=O)[O-])cc1[N+](=O)[O-])C1C=CC=C1. The molecule has 0 bridgehead atoms. The van der Waals surface area contributed by atoms with Gasteiger partial charge in [-0.15, -0.1) is 0 Å². The van der Waals surface area contributed by atoms with E-state index >= 15 is 0 Å². The van der Waals surface area contributed by atoms with Crippen molar-refractivity contribution in [3.8, 4) is 0 Å². The molecule has 0 unspecified atom stereocenters. The Labute approximate surface area is 119 Å². The van der Waals surface area contributed by atoms with Crippen LogP contribution in [-0.2, 0) is 0 Å². The molecule has 0 radical (unpaired) electrons. The molecule has 1 aromatic rings. The van der Waals surface area contributed by atoms with E-state index in [9.17, 15) is 20.2 Å². The van der Waals surface area contributed by atoms with Crippen LogP contribution < -0.4 is 5.43 Å². The van der Waals surface area contributed by atoms with Crippen LogP contribution in [0.25, 0.3) is 0 Å². The lowest BCUT2D eigenvalue weighted by Gasteiger charge is -2.06. The Hall–Kier alpha value is -3.03. The summed E-state index contributed by atoms with van der Waals surface area (Å²) in [6.45, 7) is 1.79. The minimum Gasteiger partial charge on any atom is -0.272 e. The van der Waals surface area contributed by atoms with Crippen molar-refractivity contribution in [2.45, 2.75) is 6.92 Å². The predicted molar refractivity (Wildman–Crippen MR) is 78.3 cm³/mol. The molecule has 1 N–H and O–H groups in total. The molecule has 108 valence electrons. The number of allylic oxidation sites excluding steroid dienone is 4. The van der Waals surface area contributed by atoms with Crippen molar-refractivity contribution >= 4 is 22.8 Å². The van der Waals surface area contributed by atoms with E-state index < -0.39 is 15.5 Å². The van der Waals surface area contributed by atoms with Gasteiger partial charge in [-0.2, -0.15) is 5.10 Å². The van der Waals surface area contributed by atoms with Crippen LogP contribution in [0.5, 0.6) is 0 Å². The second-order valence-corrected chi connectivity index (χ2v) is 4.38. The highest BCUT2D eigenvalue weighted by molar-refractivity contribution is 5.89. The smallest absolute Gasteiger partial charge is 0.272 e. The minimum atomic E-state index is -0.685. The van der Waals surface area contributed by atoms with Crippen molar-refractivity contribution in [1.29, 1.82) is 0 Å². The van der Waals surface area contributed by atoms with Crippen LogP contribution in [0.3, 0.4) is 0 Å². The van der Waals surface area contributed by atoms with Gasteiger partial charge in [-0.1, -0.05) is 24.3 Å². The van der Waals surface area contributed by atoms with Crippen LogP contribution in [0.1, 0.15) is 6.92 Å². The summed E-state index contributed by atoms with van der Waals surface area (Å²) in [6.07, 6.45) is 7.64. The average molecular weight is 288 g/mol. The fraction of sp³-hybridized carbons (Fsp3) is 0.154.